The lowest BCUT2D eigenvalue weighted by Gasteiger charge is -2.47. The van der Waals surface area contributed by atoms with Crippen molar-refractivity contribution in [2.24, 2.45) is 17.0 Å². The highest BCUT2D eigenvalue weighted by Crippen LogP contribution is 2.51. The fourth-order valence-electron chi connectivity index (χ4n) is 4.50. The van der Waals surface area contributed by atoms with Gasteiger partial charge in [-0.2, -0.15) is 17.2 Å². The molecule has 32 heavy (non-hydrogen) atoms. The minimum absolute atomic E-state index is 0.0720. The van der Waals surface area contributed by atoms with Gasteiger partial charge in [0, 0.05) is 41.2 Å². The van der Waals surface area contributed by atoms with Crippen molar-refractivity contribution in [1.82, 2.24) is 20.3 Å². The van der Waals surface area contributed by atoms with Gasteiger partial charge in [0.05, 0.1) is 12.0 Å². The molecule has 0 aromatic carbocycles. The molecule has 0 aromatic heterocycles. The van der Waals surface area contributed by atoms with Crippen LogP contribution in [0.25, 0.3) is 0 Å². The van der Waals surface area contributed by atoms with Crippen LogP contribution in [0.1, 0.15) is 20.3 Å². The van der Waals surface area contributed by atoms with E-state index in [2.05, 4.69) is 15.4 Å². The van der Waals surface area contributed by atoms with Gasteiger partial charge >= 0.3 is 12.4 Å². The Hall–Kier alpha value is -1.81. The summed E-state index contributed by atoms with van der Waals surface area (Å²) in [5.74, 6) is -4.46. The second-order valence-corrected chi connectivity index (χ2v) is 10.8. The molecule has 3 heterocycles. The zero-order valence-electron chi connectivity index (χ0n) is 17.2. The van der Waals surface area contributed by atoms with Crippen LogP contribution in [0.5, 0.6) is 0 Å². The quantitative estimate of drug-likeness (QED) is 0.247. The Morgan fingerprint density at radius 3 is 2.62 bits per heavy atom. The van der Waals surface area contributed by atoms with E-state index in [9.17, 15) is 36.7 Å². The topological polar surface area (TPSA) is 171 Å². The first-order valence-electron chi connectivity index (χ1n) is 9.88. The lowest BCUT2D eigenvalue weighted by Crippen LogP contribution is -2.66. The van der Waals surface area contributed by atoms with E-state index in [1.807, 2.05) is 0 Å². The minimum Gasteiger partial charge on any atom is -0.477 e. The molecule has 0 saturated carbocycles. The van der Waals surface area contributed by atoms with Crippen LogP contribution in [0.15, 0.2) is 10.6 Å². The second-order valence-electron chi connectivity index (χ2n) is 8.10. The summed E-state index contributed by atoms with van der Waals surface area (Å²) in [5.41, 5.74) is -0.132. The first-order chi connectivity index (χ1) is 14.8. The van der Waals surface area contributed by atoms with Gasteiger partial charge < -0.3 is 20.6 Å². The average Bonchev–Trinajstić information content (AvgIpc) is 3.21. The molecule has 0 aliphatic carbocycles. The number of halogens is 2. The third-order valence-corrected chi connectivity index (χ3v) is 7.98. The van der Waals surface area contributed by atoms with Crippen molar-refractivity contribution in [1.29, 1.82) is 0 Å². The second kappa shape index (κ2) is 9.21. The van der Waals surface area contributed by atoms with Crippen LogP contribution in [0.3, 0.4) is 0 Å². The maximum atomic E-state index is 12.7. The van der Waals surface area contributed by atoms with Gasteiger partial charge in [-0.3, -0.25) is 9.59 Å². The molecule has 0 radical (unpaired) electrons. The summed E-state index contributed by atoms with van der Waals surface area (Å²) >= 11 is 1.31. The number of hydrogen-bond acceptors (Lipinski definition) is 7. The van der Waals surface area contributed by atoms with Crippen LogP contribution in [-0.4, -0.2) is 79.1 Å². The molecular weight excluding hydrogens is 472 g/mol. The van der Waals surface area contributed by atoms with Gasteiger partial charge in [-0.1, -0.05) is 6.92 Å². The molecule has 0 aromatic rings. The van der Waals surface area contributed by atoms with Crippen LogP contribution in [0.2, 0.25) is 0 Å². The van der Waals surface area contributed by atoms with E-state index < -0.39 is 52.4 Å². The smallest absolute Gasteiger partial charge is 0.353 e. The summed E-state index contributed by atoms with van der Waals surface area (Å²) in [5, 5.41) is 19.9. The van der Waals surface area contributed by atoms with Crippen LogP contribution in [-0.2, 0) is 24.6 Å². The van der Waals surface area contributed by atoms with Gasteiger partial charge in [-0.15, -0.1) is 11.8 Å². The number of β-lactam (4-membered cyclic amide) rings is 1. The molecule has 6 atom stereocenters. The minimum atomic E-state index is -3.83. The number of carboxylic acid groups (broad SMARTS) is 1. The SMILES string of the molecule is C[C@@H](NC(=O)C(F)F)[C@H]1C(=O)N2C(C(=O)O)=C(S[C@@H]3CN[C@H](CNS(N)(=O)=O)C3)[C@H](C)[C@H]12. The Morgan fingerprint density at radius 2 is 2.06 bits per heavy atom. The van der Waals surface area contributed by atoms with E-state index >= 15 is 0 Å². The monoisotopic (exact) mass is 497 g/mol. The number of nitrogens with one attached hydrogen (secondary N) is 3. The van der Waals surface area contributed by atoms with Crippen molar-refractivity contribution in [3.8, 4) is 0 Å². The Balaban J connectivity index is 1.70. The number of aliphatic carboxylic acids is 1. The normalized spacial score (nSPS) is 31.0. The molecule has 11 nitrogen and oxygen atoms in total. The summed E-state index contributed by atoms with van der Waals surface area (Å²) in [4.78, 5) is 37.7. The van der Waals surface area contributed by atoms with E-state index in [4.69, 9.17) is 5.14 Å². The van der Waals surface area contributed by atoms with Crippen molar-refractivity contribution in [3.63, 3.8) is 0 Å². The molecule has 2 amide bonds. The molecule has 0 spiro atoms. The molecule has 2 fully saturated rings. The third-order valence-electron chi connectivity index (χ3n) is 5.90. The maximum absolute atomic E-state index is 12.7. The summed E-state index contributed by atoms with van der Waals surface area (Å²) in [7, 11) is -3.83. The zero-order chi connectivity index (χ0) is 24.0. The molecule has 15 heteroatoms. The van der Waals surface area contributed by atoms with Crippen molar-refractivity contribution in [2.75, 3.05) is 13.1 Å². The van der Waals surface area contributed by atoms with E-state index in [1.165, 1.54) is 23.6 Å². The van der Waals surface area contributed by atoms with Crippen molar-refractivity contribution >= 4 is 39.8 Å². The highest BCUT2D eigenvalue weighted by molar-refractivity contribution is 8.03. The fraction of sp³-hybridized carbons (Fsp3) is 0.706. The lowest BCUT2D eigenvalue weighted by atomic mass is 9.78. The standard InChI is InChI=1S/C17H25F2N5O6S2/c1-6-11-10(7(2)23-15(25)14(18)19)16(26)24(11)12(17(27)28)13(6)31-9-3-8(21-5-9)4-22-32(20,29)30/h6-11,14,21-22H,3-5H2,1-2H3,(H,23,25)(H,27,28)(H2,20,29,30)/t6-,7-,8+,9+,10-,11-/m1/s1. The van der Waals surface area contributed by atoms with Crippen LogP contribution in [0, 0.1) is 11.8 Å². The van der Waals surface area contributed by atoms with Crippen LogP contribution < -0.4 is 20.5 Å². The van der Waals surface area contributed by atoms with Crippen molar-refractivity contribution in [3.05, 3.63) is 10.6 Å². The summed E-state index contributed by atoms with van der Waals surface area (Å²) < 4.78 is 49.5. The van der Waals surface area contributed by atoms with Crippen molar-refractivity contribution < 1.29 is 36.7 Å². The lowest BCUT2D eigenvalue weighted by molar-refractivity contribution is -0.159. The number of alkyl halides is 2. The van der Waals surface area contributed by atoms with E-state index in [-0.39, 0.29) is 29.5 Å². The summed E-state index contributed by atoms with van der Waals surface area (Å²) in [6, 6.07) is -1.63. The van der Waals surface area contributed by atoms with E-state index in [0.29, 0.717) is 17.9 Å². The molecule has 0 bridgehead atoms. The number of rotatable bonds is 9. The molecule has 6 N–H and O–H groups in total. The Bertz CT molecular complexity index is 946. The molecular formula is C17H25F2N5O6S2. The Morgan fingerprint density at radius 1 is 1.41 bits per heavy atom. The largest absolute Gasteiger partial charge is 0.477 e. The number of nitrogens with two attached hydrogens (primary N) is 1. The van der Waals surface area contributed by atoms with Gasteiger partial charge in [0.15, 0.2) is 0 Å². The average molecular weight is 498 g/mol. The van der Waals surface area contributed by atoms with Gasteiger partial charge in [0.2, 0.25) is 5.91 Å². The number of carbonyl (C=O) groups is 3. The third kappa shape index (κ3) is 4.90. The van der Waals surface area contributed by atoms with Gasteiger partial charge in [-0.05, 0) is 13.3 Å². The first-order valence-corrected chi connectivity index (χ1v) is 12.3. The van der Waals surface area contributed by atoms with E-state index in [1.54, 1.807) is 6.92 Å². The van der Waals surface area contributed by atoms with Gasteiger partial charge in [0.1, 0.15) is 5.70 Å². The maximum Gasteiger partial charge on any atom is 0.353 e. The first kappa shape index (κ1) is 24.8. The predicted molar refractivity (Wildman–Crippen MR) is 110 cm³/mol. The number of amides is 2. The molecule has 3 rings (SSSR count). The van der Waals surface area contributed by atoms with Crippen LogP contribution in [0.4, 0.5) is 8.78 Å². The number of nitrogens with zero attached hydrogens (tertiary/aromatic N) is 1. The van der Waals surface area contributed by atoms with Crippen LogP contribution >= 0.6 is 11.8 Å². The number of hydrogen-bond donors (Lipinski definition) is 5. The van der Waals surface area contributed by atoms with Gasteiger partial charge in [0.25, 0.3) is 16.1 Å². The predicted octanol–water partition coefficient (Wildman–Crippen LogP) is -1.21. The number of carbonyl (C=O) groups excluding carboxylic acids is 2. The van der Waals surface area contributed by atoms with Crippen molar-refractivity contribution in [2.45, 2.75) is 50.1 Å². The Kier molecular flexibility index (Phi) is 7.14. The highest BCUT2D eigenvalue weighted by atomic mass is 32.2. The number of carboxylic acids is 1. The molecule has 2 saturated heterocycles. The fourth-order valence-corrected chi connectivity index (χ4v) is 6.45. The molecule has 0 unspecified atom stereocenters. The molecule has 3 aliphatic rings. The highest BCUT2D eigenvalue weighted by Gasteiger charge is 2.60. The zero-order valence-corrected chi connectivity index (χ0v) is 18.9. The molecule has 3 aliphatic heterocycles. The summed E-state index contributed by atoms with van der Waals surface area (Å²) in [6.45, 7) is 3.79. The van der Waals surface area contributed by atoms with Gasteiger partial charge in [-0.25, -0.2) is 14.7 Å². The number of fused-ring (bicyclic) bond motifs is 1. The summed E-state index contributed by atoms with van der Waals surface area (Å²) in [6.07, 6.45) is -2.67. The Labute approximate surface area is 187 Å². The van der Waals surface area contributed by atoms with E-state index in [0.717, 1.165) is 0 Å². The number of thioether (sulfide) groups is 1. The molecule has 180 valence electrons.